The van der Waals surface area contributed by atoms with Crippen LogP contribution in [0.4, 0.5) is 5.69 Å². The number of hydrogen-bond donors (Lipinski definition) is 0. The van der Waals surface area contributed by atoms with Crippen molar-refractivity contribution >= 4 is 17.3 Å². The van der Waals surface area contributed by atoms with Crippen LogP contribution in [-0.2, 0) is 6.42 Å². The Labute approximate surface area is 122 Å². The summed E-state index contributed by atoms with van der Waals surface area (Å²) in [6.07, 6.45) is 0.489. The molecule has 0 N–H and O–H groups in total. The largest absolute Gasteiger partial charge is 0.0931 e. The minimum absolute atomic E-state index is 0.442. The molecule has 0 saturated carbocycles. The second-order valence-electron chi connectivity index (χ2n) is 4.29. The molecule has 98 valence electrons. The number of benzene rings is 2. The Bertz CT molecular complexity index is 735. The first-order valence-corrected chi connectivity index (χ1v) is 6.46. The second kappa shape index (κ2) is 6.68. The standard InChI is InChI=1S/C16H12ClN3/c1-12-5-2-6-13(11-12)7-3-8-14-9-4-10-15(17)16(14)19-20-18/h2,4-6,9-11H,8H2,1H3. The van der Waals surface area contributed by atoms with Gasteiger partial charge in [0, 0.05) is 16.9 Å². The predicted octanol–water partition coefficient (Wildman–Crippen LogP) is 5.18. The van der Waals surface area contributed by atoms with Gasteiger partial charge in [0.1, 0.15) is 0 Å². The van der Waals surface area contributed by atoms with Crippen molar-refractivity contribution < 1.29 is 0 Å². The lowest BCUT2D eigenvalue weighted by atomic mass is 10.1. The first kappa shape index (κ1) is 14.0. The highest BCUT2D eigenvalue weighted by molar-refractivity contribution is 6.33. The van der Waals surface area contributed by atoms with Gasteiger partial charge >= 0.3 is 0 Å². The summed E-state index contributed by atoms with van der Waals surface area (Å²) in [5.74, 6) is 6.17. The van der Waals surface area contributed by atoms with E-state index in [1.54, 1.807) is 6.07 Å². The maximum Gasteiger partial charge on any atom is 0.0603 e. The molecule has 0 aliphatic carbocycles. The molecule has 0 amide bonds. The summed E-state index contributed by atoms with van der Waals surface area (Å²) in [6, 6.07) is 13.4. The Morgan fingerprint density at radius 3 is 2.80 bits per heavy atom. The molecule has 2 aromatic carbocycles. The predicted molar refractivity (Wildman–Crippen MR) is 82.0 cm³/mol. The monoisotopic (exact) mass is 281 g/mol. The van der Waals surface area contributed by atoms with Crippen molar-refractivity contribution in [2.24, 2.45) is 5.11 Å². The molecular weight excluding hydrogens is 270 g/mol. The molecule has 0 aromatic heterocycles. The minimum Gasteiger partial charge on any atom is -0.0931 e. The van der Waals surface area contributed by atoms with E-state index in [-0.39, 0.29) is 0 Å². The van der Waals surface area contributed by atoms with Crippen LogP contribution in [0.5, 0.6) is 0 Å². The smallest absolute Gasteiger partial charge is 0.0603 e. The lowest BCUT2D eigenvalue weighted by molar-refractivity contribution is 1.28. The molecule has 0 heterocycles. The molecule has 4 heteroatoms. The van der Waals surface area contributed by atoms with E-state index in [9.17, 15) is 0 Å². The Balaban J connectivity index is 2.24. The molecule has 0 spiro atoms. The van der Waals surface area contributed by atoms with Gasteiger partial charge in [-0.05, 0) is 41.8 Å². The Kier molecular flexibility index (Phi) is 4.68. The normalized spacial score (nSPS) is 9.30. The van der Waals surface area contributed by atoms with Crippen LogP contribution >= 0.6 is 11.6 Å². The van der Waals surface area contributed by atoms with Gasteiger partial charge in [-0.3, -0.25) is 0 Å². The van der Waals surface area contributed by atoms with Gasteiger partial charge in [-0.25, -0.2) is 0 Å². The molecule has 20 heavy (non-hydrogen) atoms. The Morgan fingerprint density at radius 1 is 1.25 bits per heavy atom. The lowest BCUT2D eigenvalue weighted by Gasteiger charge is -2.02. The van der Waals surface area contributed by atoms with Gasteiger partial charge in [-0.1, -0.05) is 52.8 Å². The van der Waals surface area contributed by atoms with Gasteiger partial charge in [-0.15, -0.1) is 0 Å². The average Bonchev–Trinajstić information content (AvgIpc) is 2.42. The molecule has 0 atom stereocenters. The van der Waals surface area contributed by atoms with E-state index in [0.717, 1.165) is 11.1 Å². The number of rotatable bonds is 2. The summed E-state index contributed by atoms with van der Waals surface area (Å²) < 4.78 is 0. The highest BCUT2D eigenvalue weighted by Gasteiger charge is 2.03. The third kappa shape index (κ3) is 3.55. The minimum atomic E-state index is 0.442. The fourth-order valence-corrected chi connectivity index (χ4v) is 2.06. The van der Waals surface area contributed by atoms with Crippen LogP contribution in [0, 0.1) is 18.8 Å². The summed E-state index contributed by atoms with van der Waals surface area (Å²) in [5, 5.41) is 4.07. The van der Waals surface area contributed by atoms with Crippen molar-refractivity contribution in [3.05, 3.63) is 74.6 Å². The van der Waals surface area contributed by atoms with E-state index in [1.807, 2.05) is 43.3 Å². The number of hydrogen-bond acceptors (Lipinski definition) is 1. The van der Waals surface area contributed by atoms with Crippen LogP contribution in [0.1, 0.15) is 16.7 Å². The first-order chi connectivity index (χ1) is 9.70. The van der Waals surface area contributed by atoms with Gasteiger partial charge in [0.05, 0.1) is 10.7 Å². The van der Waals surface area contributed by atoms with Crippen LogP contribution < -0.4 is 0 Å². The van der Waals surface area contributed by atoms with E-state index in [2.05, 4.69) is 21.9 Å². The molecule has 0 aliphatic rings. The van der Waals surface area contributed by atoms with Gasteiger partial charge in [0.25, 0.3) is 0 Å². The summed E-state index contributed by atoms with van der Waals surface area (Å²) >= 11 is 6.01. The highest BCUT2D eigenvalue weighted by Crippen LogP contribution is 2.29. The zero-order valence-electron chi connectivity index (χ0n) is 11.0. The Morgan fingerprint density at radius 2 is 2.05 bits per heavy atom. The Hall–Kier alpha value is -2.40. The van der Waals surface area contributed by atoms with Gasteiger partial charge in [0.2, 0.25) is 0 Å². The number of aryl methyl sites for hydroxylation is 1. The van der Waals surface area contributed by atoms with Crippen LogP contribution in [0.2, 0.25) is 5.02 Å². The van der Waals surface area contributed by atoms with Crippen LogP contribution in [0.15, 0.2) is 47.6 Å². The first-order valence-electron chi connectivity index (χ1n) is 6.09. The number of nitrogens with zero attached hydrogens (tertiary/aromatic N) is 3. The topological polar surface area (TPSA) is 48.8 Å². The average molecular weight is 282 g/mol. The van der Waals surface area contributed by atoms with Crippen molar-refractivity contribution in [3.63, 3.8) is 0 Å². The summed E-state index contributed by atoms with van der Waals surface area (Å²) in [5.41, 5.74) is 12.0. The molecule has 0 saturated heterocycles. The second-order valence-corrected chi connectivity index (χ2v) is 4.69. The van der Waals surface area contributed by atoms with Crippen LogP contribution in [-0.4, -0.2) is 0 Å². The molecule has 2 aromatic rings. The summed E-state index contributed by atoms with van der Waals surface area (Å²) in [4.78, 5) is 2.80. The number of azide groups is 1. The van der Waals surface area contributed by atoms with Crippen molar-refractivity contribution in [2.75, 3.05) is 0 Å². The van der Waals surface area contributed by atoms with E-state index >= 15 is 0 Å². The molecule has 0 aliphatic heterocycles. The van der Waals surface area contributed by atoms with Gasteiger partial charge in [-0.2, -0.15) is 0 Å². The van der Waals surface area contributed by atoms with E-state index in [1.165, 1.54) is 5.56 Å². The van der Waals surface area contributed by atoms with E-state index in [0.29, 0.717) is 17.1 Å². The van der Waals surface area contributed by atoms with Crippen molar-refractivity contribution in [1.82, 2.24) is 0 Å². The van der Waals surface area contributed by atoms with Gasteiger partial charge < -0.3 is 0 Å². The van der Waals surface area contributed by atoms with Crippen molar-refractivity contribution in [1.29, 1.82) is 0 Å². The fraction of sp³-hybridized carbons (Fsp3) is 0.125. The van der Waals surface area contributed by atoms with Crippen LogP contribution in [0.25, 0.3) is 10.4 Å². The maximum absolute atomic E-state index is 8.57. The maximum atomic E-state index is 8.57. The molecule has 2 rings (SSSR count). The molecule has 3 nitrogen and oxygen atoms in total. The highest BCUT2D eigenvalue weighted by atomic mass is 35.5. The van der Waals surface area contributed by atoms with Gasteiger partial charge in [0.15, 0.2) is 0 Å². The fourth-order valence-electron chi connectivity index (χ4n) is 1.82. The summed E-state index contributed by atoms with van der Waals surface area (Å²) in [6.45, 7) is 2.03. The SMILES string of the molecule is Cc1cccc(C#CCc2cccc(Cl)c2N=[N+]=[N-])c1. The van der Waals surface area contributed by atoms with Crippen molar-refractivity contribution in [3.8, 4) is 11.8 Å². The molecule has 0 fully saturated rings. The van der Waals surface area contributed by atoms with Crippen molar-refractivity contribution in [2.45, 2.75) is 13.3 Å². The third-order valence-corrected chi connectivity index (χ3v) is 3.05. The quantitative estimate of drug-likeness (QED) is 0.315. The zero-order valence-corrected chi connectivity index (χ0v) is 11.7. The third-order valence-electron chi connectivity index (χ3n) is 2.74. The lowest BCUT2D eigenvalue weighted by Crippen LogP contribution is -1.84. The zero-order chi connectivity index (χ0) is 14.4. The number of halogens is 1. The molecule has 0 radical (unpaired) electrons. The van der Waals surface area contributed by atoms with E-state index in [4.69, 9.17) is 17.1 Å². The molecule has 0 bridgehead atoms. The molecular formula is C16H12ClN3. The van der Waals surface area contributed by atoms with Crippen LogP contribution in [0.3, 0.4) is 0 Å². The summed E-state index contributed by atoms with van der Waals surface area (Å²) in [7, 11) is 0. The molecule has 0 unspecified atom stereocenters. The van der Waals surface area contributed by atoms with E-state index < -0.39 is 0 Å².